The lowest BCUT2D eigenvalue weighted by Crippen LogP contribution is -2.22. The highest BCUT2D eigenvalue weighted by Crippen LogP contribution is 2.15. The summed E-state index contributed by atoms with van der Waals surface area (Å²) in [4.78, 5) is 25.8. The summed E-state index contributed by atoms with van der Waals surface area (Å²) >= 11 is 0. The fourth-order valence-corrected chi connectivity index (χ4v) is 2.57. The summed E-state index contributed by atoms with van der Waals surface area (Å²) in [5.74, 6) is 0. The summed E-state index contributed by atoms with van der Waals surface area (Å²) in [5, 5.41) is 0. The van der Waals surface area contributed by atoms with Crippen molar-refractivity contribution in [2.75, 3.05) is 37.0 Å². The first-order valence-corrected chi connectivity index (χ1v) is 8.17. The molecule has 24 heavy (non-hydrogen) atoms. The molecule has 0 heterocycles. The first kappa shape index (κ1) is 17.7. The van der Waals surface area contributed by atoms with E-state index < -0.39 is 0 Å². The van der Waals surface area contributed by atoms with Gasteiger partial charge in [-0.1, -0.05) is 0 Å². The standard InChI is InChI=1S/C20H24N2O2/c1-21(19-9-5-17(15-23)6-10-19)13-3-4-14-22(2)20-11-7-18(16-24)8-12-20/h5-12,15-16H,3-4,13-14H2,1-2H3. The van der Waals surface area contributed by atoms with Crippen molar-refractivity contribution in [1.82, 2.24) is 0 Å². The number of aldehydes is 2. The van der Waals surface area contributed by atoms with Gasteiger partial charge in [-0.25, -0.2) is 0 Å². The van der Waals surface area contributed by atoms with Gasteiger partial charge in [0, 0.05) is 49.7 Å². The Labute approximate surface area is 143 Å². The Hall–Kier alpha value is -2.62. The molecule has 0 aliphatic carbocycles. The van der Waals surface area contributed by atoms with Crippen LogP contribution in [0.25, 0.3) is 0 Å². The molecular weight excluding hydrogens is 300 g/mol. The Kier molecular flexibility index (Phi) is 6.55. The SMILES string of the molecule is CN(CCCCN(C)c1ccc(C=O)cc1)c1ccc(C=O)cc1. The van der Waals surface area contributed by atoms with Crippen molar-refractivity contribution in [3.05, 3.63) is 59.7 Å². The molecule has 0 fully saturated rings. The molecule has 0 aliphatic heterocycles. The van der Waals surface area contributed by atoms with Crippen molar-refractivity contribution in [3.63, 3.8) is 0 Å². The average molecular weight is 324 g/mol. The maximum atomic E-state index is 10.7. The van der Waals surface area contributed by atoms with E-state index >= 15 is 0 Å². The predicted molar refractivity (Wildman–Crippen MR) is 99.4 cm³/mol. The molecule has 2 rings (SSSR count). The summed E-state index contributed by atoms with van der Waals surface area (Å²) in [6.07, 6.45) is 3.90. The zero-order valence-corrected chi connectivity index (χ0v) is 14.3. The number of carbonyl (C=O) groups excluding carboxylic acids is 2. The van der Waals surface area contributed by atoms with E-state index in [1.54, 1.807) is 0 Å². The van der Waals surface area contributed by atoms with E-state index in [1.165, 1.54) is 0 Å². The highest BCUT2D eigenvalue weighted by Gasteiger charge is 2.03. The molecule has 4 heteroatoms. The fraction of sp³-hybridized carbons (Fsp3) is 0.300. The van der Waals surface area contributed by atoms with E-state index in [9.17, 15) is 9.59 Å². The minimum absolute atomic E-state index is 0.703. The Bertz CT molecular complexity index is 591. The van der Waals surface area contributed by atoms with Crippen LogP contribution in [0.15, 0.2) is 48.5 Å². The third-order valence-corrected chi connectivity index (χ3v) is 4.18. The molecular formula is C20H24N2O2. The molecule has 0 unspecified atom stereocenters. The van der Waals surface area contributed by atoms with Gasteiger partial charge < -0.3 is 9.80 Å². The highest BCUT2D eigenvalue weighted by molar-refractivity contribution is 5.76. The van der Waals surface area contributed by atoms with Gasteiger partial charge in [0.25, 0.3) is 0 Å². The minimum atomic E-state index is 0.703. The molecule has 0 aliphatic rings. The van der Waals surface area contributed by atoms with E-state index in [0.29, 0.717) is 11.1 Å². The lowest BCUT2D eigenvalue weighted by Gasteiger charge is -2.22. The number of anilines is 2. The van der Waals surface area contributed by atoms with Gasteiger partial charge in [0.05, 0.1) is 0 Å². The van der Waals surface area contributed by atoms with Crippen LogP contribution in [-0.2, 0) is 0 Å². The molecule has 0 saturated carbocycles. The van der Waals surface area contributed by atoms with Crippen molar-refractivity contribution < 1.29 is 9.59 Å². The smallest absolute Gasteiger partial charge is 0.150 e. The van der Waals surface area contributed by atoms with Gasteiger partial charge in [0.1, 0.15) is 12.6 Å². The average Bonchev–Trinajstić information content (AvgIpc) is 2.65. The second-order valence-corrected chi connectivity index (χ2v) is 5.97. The zero-order chi connectivity index (χ0) is 17.4. The molecule has 2 aromatic rings. The highest BCUT2D eigenvalue weighted by atomic mass is 16.1. The molecule has 4 nitrogen and oxygen atoms in total. The molecule has 0 spiro atoms. The predicted octanol–water partition coefficient (Wildman–Crippen LogP) is 3.66. The van der Waals surface area contributed by atoms with Gasteiger partial charge in [-0.05, 0) is 61.4 Å². The molecule has 2 aromatic carbocycles. The van der Waals surface area contributed by atoms with Gasteiger partial charge in [0.15, 0.2) is 0 Å². The third-order valence-electron chi connectivity index (χ3n) is 4.18. The summed E-state index contributed by atoms with van der Waals surface area (Å²) in [5.41, 5.74) is 3.65. The van der Waals surface area contributed by atoms with Crippen LogP contribution >= 0.6 is 0 Å². The molecule has 0 atom stereocenters. The van der Waals surface area contributed by atoms with Crippen LogP contribution in [0.5, 0.6) is 0 Å². The van der Waals surface area contributed by atoms with E-state index in [2.05, 4.69) is 23.9 Å². The molecule has 0 radical (unpaired) electrons. The zero-order valence-electron chi connectivity index (χ0n) is 14.3. The van der Waals surface area contributed by atoms with Gasteiger partial charge in [0.2, 0.25) is 0 Å². The molecule has 0 saturated heterocycles. The largest absolute Gasteiger partial charge is 0.375 e. The van der Waals surface area contributed by atoms with Gasteiger partial charge in [-0.3, -0.25) is 9.59 Å². The van der Waals surface area contributed by atoms with E-state index in [1.807, 2.05) is 48.5 Å². The maximum absolute atomic E-state index is 10.7. The molecule has 0 bridgehead atoms. The second-order valence-electron chi connectivity index (χ2n) is 5.97. The fourth-order valence-electron chi connectivity index (χ4n) is 2.57. The number of unbranched alkanes of at least 4 members (excludes halogenated alkanes) is 1. The van der Waals surface area contributed by atoms with Crippen molar-refractivity contribution in [2.45, 2.75) is 12.8 Å². The lowest BCUT2D eigenvalue weighted by atomic mass is 10.2. The van der Waals surface area contributed by atoms with Crippen molar-refractivity contribution in [2.24, 2.45) is 0 Å². The number of hydrogen-bond acceptors (Lipinski definition) is 4. The number of hydrogen-bond donors (Lipinski definition) is 0. The molecule has 0 aromatic heterocycles. The quantitative estimate of drug-likeness (QED) is 0.521. The van der Waals surface area contributed by atoms with Crippen LogP contribution in [0.1, 0.15) is 33.6 Å². The van der Waals surface area contributed by atoms with Crippen LogP contribution < -0.4 is 9.80 Å². The third kappa shape index (κ3) is 4.95. The normalized spacial score (nSPS) is 10.2. The first-order chi connectivity index (χ1) is 11.6. The van der Waals surface area contributed by atoms with Crippen LogP contribution in [0.2, 0.25) is 0 Å². The number of benzene rings is 2. The monoisotopic (exact) mass is 324 g/mol. The van der Waals surface area contributed by atoms with E-state index in [-0.39, 0.29) is 0 Å². The Balaban J connectivity index is 1.74. The Morgan fingerprint density at radius 1 is 0.667 bits per heavy atom. The Morgan fingerprint density at radius 2 is 1.00 bits per heavy atom. The molecule has 0 N–H and O–H groups in total. The molecule has 0 amide bonds. The first-order valence-electron chi connectivity index (χ1n) is 8.17. The van der Waals surface area contributed by atoms with Gasteiger partial charge >= 0.3 is 0 Å². The van der Waals surface area contributed by atoms with Gasteiger partial charge in [-0.15, -0.1) is 0 Å². The summed E-state index contributed by atoms with van der Waals surface area (Å²) in [6.45, 7) is 1.94. The van der Waals surface area contributed by atoms with E-state index in [4.69, 9.17) is 0 Å². The topological polar surface area (TPSA) is 40.6 Å². The lowest BCUT2D eigenvalue weighted by molar-refractivity contribution is 0.111. The van der Waals surface area contributed by atoms with Crippen LogP contribution in [0, 0.1) is 0 Å². The summed E-state index contributed by atoms with van der Waals surface area (Å²) in [7, 11) is 4.13. The Morgan fingerprint density at radius 3 is 1.29 bits per heavy atom. The van der Waals surface area contributed by atoms with Crippen molar-refractivity contribution in [1.29, 1.82) is 0 Å². The van der Waals surface area contributed by atoms with Crippen molar-refractivity contribution in [3.8, 4) is 0 Å². The van der Waals surface area contributed by atoms with Crippen LogP contribution in [0.4, 0.5) is 11.4 Å². The number of nitrogens with zero attached hydrogens (tertiary/aromatic N) is 2. The summed E-state index contributed by atoms with van der Waals surface area (Å²) in [6, 6.07) is 15.3. The van der Waals surface area contributed by atoms with Crippen LogP contribution in [0.3, 0.4) is 0 Å². The minimum Gasteiger partial charge on any atom is -0.375 e. The van der Waals surface area contributed by atoms with E-state index in [0.717, 1.165) is 49.9 Å². The van der Waals surface area contributed by atoms with Gasteiger partial charge in [-0.2, -0.15) is 0 Å². The number of rotatable bonds is 9. The second kappa shape index (κ2) is 8.87. The maximum Gasteiger partial charge on any atom is 0.150 e. The summed E-state index contributed by atoms with van der Waals surface area (Å²) < 4.78 is 0. The number of carbonyl (C=O) groups is 2. The molecule has 126 valence electrons. The van der Waals surface area contributed by atoms with Crippen molar-refractivity contribution >= 4 is 23.9 Å². The van der Waals surface area contributed by atoms with Crippen LogP contribution in [-0.4, -0.2) is 39.8 Å².